The first-order valence-electron chi connectivity index (χ1n) is 4.54. The lowest BCUT2D eigenvalue weighted by molar-refractivity contribution is -0.0373. The van der Waals surface area contributed by atoms with Gasteiger partial charge in [0.05, 0.1) is 0 Å². The lowest BCUT2D eigenvalue weighted by Crippen LogP contribution is -2.58. The minimum atomic E-state index is -3.89. The van der Waals surface area contributed by atoms with Crippen molar-refractivity contribution >= 4 is 7.82 Å². The van der Waals surface area contributed by atoms with Crippen molar-refractivity contribution in [2.75, 3.05) is 0 Å². The van der Waals surface area contributed by atoms with Crippen molar-refractivity contribution in [1.82, 2.24) is 15.4 Å². The summed E-state index contributed by atoms with van der Waals surface area (Å²) in [7, 11) is -3.89. The predicted molar refractivity (Wildman–Crippen MR) is 51.0 cm³/mol. The molecule has 92 valence electrons. The second kappa shape index (κ2) is 3.05. The Hall–Kier alpha value is -1.48. The number of ether oxygens (including phenoxy) is 1. The fraction of sp³-hybridized carbons (Fsp3) is 0.500. The fourth-order valence-electron chi connectivity index (χ4n) is 1.28. The van der Waals surface area contributed by atoms with Gasteiger partial charge in [0.15, 0.2) is 12.0 Å². The first kappa shape index (κ1) is 10.7. The highest BCUT2D eigenvalue weighted by Crippen LogP contribution is 2.62. The average Bonchev–Trinajstić information content (AvgIpc) is 2.54. The summed E-state index contributed by atoms with van der Waals surface area (Å²) in [5, 5.41) is 10.4. The molecular formula is C6H8N5O5P. The van der Waals surface area contributed by atoms with Gasteiger partial charge in [0, 0.05) is 0 Å². The number of hydrogen-bond donors (Lipinski definition) is 2. The Morgan fingerprint density at radius 2 is 2.06 bits per heavy atom. The molecule has 0 radical (unpaired) electrons. The number of nitrogens with zero attached hydrogens (tertiary/aromatic N) is 3. The van der Waals surface area contributed by atoms with Crippen LogP contribution in [0.3, 0.4) is 0 Å². The normalized spacial score (nSPS) is 38.4. The molecule has 2 bridgehead atoms. The van der Waals surface area contributed by atoms with Crippen LogP contribution < -0.4 is 25.3 Å². The SMILES string of the molecule is CC1(N)Oc2nnnc3c2OP(=O)(O3)OC1N. The molecule has 3 rings (SSSR count). The van der Waals surface area contributed by atoms with E-state index in [1.54, 1.807) is 0 Å². The molecule has 0 aliphatic carbocycles. The van der Waals surface area contributed by atoms with Gasteiger partial charge in [-0.05, 0) is 12.1 Å². The summed E-state index contributed by atoms with van der Waals surface area (Å²) in [6.07, 6.45) is -1.24. The zero-order valence-electron chi connectivity index (χ0n) is 8.56. The molecule has 17 heavy (non-hydrogen) atoms. The van der Waals surface area contributed by atoms with Crippen LogP contribution in [0, 0.1) is 0 Å². The smallest absolute Gasteiger partial charge is 0.448 e. The monoisotopic (exact) mass is 261 g/mol. The molecule has 3 heterocycles. The zero-order valence-corrected chi connectivity index (χ0v) is 9.46. The highest BCUT2D eigenvalue weighted by molar-refractivity contribution is 7.49. The van der Waals surface area contributed by atoms with Crippen LogP contribution in [0.5, 0.6) is 17.5 Å². The van der Waals surface area contributed by atoms with Crippen LogP contribution in [0.15, 0.2) is 0 Å². The molecule has 2 aliphatic heterocycles. The molecule has 2 aliphatic rings. The third-order valence-electron chi connectivity index (χ3n) is 2.19. The molecule has 1 aromatic heterocycles. The number of fused-ring (bicyclic) bond motifs is 1. The van der Waals surface area contributed by atoms with Crippen LogP contribution in [0.25, 0.3) is 0 Å². The Morgan fingerprint density at radius 3 is 2.82 bits per heavy atom. The van der Waals surface area contributed by atoms with Gasteiger partial charge in [-0.2, -0.15) is 0 Å². The van der Waals surface area contributed by atoms with Gasteiger partial charge in [-0.25, -0.2) is 9.09 Å². The molecule has 3 unspecified atom stereocenters. The Kier molecular flexibility index (Phi) is 1.91. The third kappa shape index (κ3) is 1.53. The van der Waals surface area contributed by atoms with Crippen LogP contribution in [0.1, 0.15) is 6.92 Å². The summed E-state index contributed by atoms with van der Waals surface area (Å²) in [5.74, 6) is -0.299. The van der Waals surface area contributed by atoms with Crippen LogP contribution in [0.2, 0.25) is 0 Å². The summed E-state index contributed by atoms with van der Waals surface area (Å²) < 4.78 is 32.1. The van der Waals surface area contributed by atoms with Gasteiger partial charge in [-0.3, -0.25) is 5.73 Å². The summed E-state index contributed by atoms with van der Waals surface area (Å²) in [4.78, 5) is 0. The molecule has 0 spiro atoms. The van der Waals surface area contributed by atoms with Gasteiger partial charge >= 0.3 is 7.82 Å². The second-order valence-electron chi connectivity index (χ2n) is 3.67. The molecule has 0 fully saturated rings. The molecule has 10 nitrogen and oxygen atoms in total. The summed E-state index contributed by atoms with van der Waals surface area (Å²) >= 11 is 0. The third-order valence-corrected chi connectivity index (χ3v) is 3.47. The Balaban J connectivity index is 2.17. The van der Waals surface area contributed by atoms with E-state index in [0.29, 0.717) is 0 Å². The van der Waals surface area contributed by atoms with E-state index in [9.17, 15) is 4.57 Å². The Morgan fingerprint density at radius 1 is 1.35 bits per heavy atom. The minimum Gasteiger partial charge on any atom is -0.448 e. The van der Waals surface area contributed by atoms with E-state index in [1.165, 1.54) is 6.92 Å². The standard InChI is InChI=1S/C6H8N5O5P/c1-6(8)5(7)16-17(12)14-2-3(13-6)9-11-10-4(2)15-17/h5H,7-8H2,1H3. The van der Waals surface area contributed by atoms with Crippen LogP contribution in [0.4, 0.5) is 0 Å². The van der Waals surface area contributed by atoms with Crippen molar-refractivity contribution in [2.45, 2.75) is 18.9 Å². The molecule has 0 saturated carbocycles. The van der Waals surface area contributed by atoms with Crippen molar-refractivity contribution in [2.24, 2.45) is 11.5 Å². The van der Waals surface area contributed by atoms with Gasteiger partial charge in [0.2, 0.25) is 0 Å². The minimum absolute atomic E-state index is 0.0630. The van der Waals surface area contributed by atoms with E-state index in [-0.39, 0.29) is 17.5 Å². The van der Waals surface area contributed by atoms with E-state index >= 15 is 0 Å². The summed E-state index contributed by atoms with van der Waals surface area (Å²) in [5.41, 5.74) is 9.89. The summed E-state index contributed by atoms with van der Waals surface area (Å²) in [6, 6.07) is 0. The predicted octanol–water partition coefficient (Wildman–Crippen LogP) is -0.880. The average molecular weight is 261 g/mol. The van der Waals surface area contributed by atoms with Crippen LogP contribution >= 0.6 is 7.82 Å². The van der Waals surface area contributed by atoms with Crippen LogP contribution in [-0.2, 0) is 9.09 Å². The fourth-order valence-corrected chi connectivity index (χ4v) is 2.60. The maximum absolute atomic E-state index is 12.0. The maximum atomic E-state index is 12.0. The number of hydrogen-bond acceptors (Lipinski definition) is 10. The molecule has 1 aromatic rings. The highest BCUT2D eigenvalue weighted by atomic mass is 31.2. The number of phosphoric acid groups is 1. The molecule has 4 N–H and O–H groups in total. The largest absolute Gasteiger partial charge is 0.591 e. The second-order valence-corrected chi connectivity index (χ2v) is 5.14. The van der Waals surface area contributed by atoms with E-state index in [4.69, 9.17) is 29.8 Å². The van der Waals surface area contributed by atoms with Gasteiger partial charge in [0.1, 0.15) is 0 Å². The van der Waals surface area contributed by atoms with Gasteiger partial charge in [-0.15, -0.1) is 0 Å². The first-order chi connectivity index (χ1) is 7.90. The molecule has 3 atom stereocenters. The lowest BCUT2D eigenvalue weighted by atomic mass is 10.2. The van der Waals surface area contributed by atoms with E-state index in [1.807, 2.05) is 0 Å². The zero-order chi connectivity index (χ0) is 12.3. The Labute approximate surface area is 94.8 Å². The highest BCUT2D eigenvalue weighted by Gasteiger charge is 2.51. The molecule has 11 heteroatoms. The lowest BCUT2D eigenvalue weighted by Gasteiger charge is -2.32. The summed E-state index contributed by atoms with van der Waals surface area (Å²) in [6.45, 7) is 1.43. The van der Waals surface area contributed by atoms with E-state index < -0.39 is 19.8 Å². The quantitative estimate of drug-likeness (QED) is 0.564. The van der Waals surface area contributed by atoms with Gasteiger partial charge < -0.3 is 19.5 Å². The van der Waals surface area contributed by atoms with Crippen molar-refractivity contribution in [1.29, 1.82) is 0 Å². The molecule has 0 amide bonds. The Bertz CT molecular complexity index is 536. The maximum Gasteiger partial charge on any atom is 0.591 e. The number of rotatable bonds is 0. The van der Waals surface area contributed by atoms with Crippen molar-refractivity contribution < 1.29 is 22.9 Å². The molecular weight excluding hydrogens is 253 g/mol. The van der Waals surface area contributed by atoms with Crippen molar-refractivity contribution in [3.05, 3.63) is 0 Å². The van der Waals surface area contributed by atoms with Crippen molar-refractivity contribution in [3.63, 3.8) is 0 Å². The molecule has 0 saturated heterocycles. The number of phosphoric ester groups is 1. The van der Waals surface area contributed by atoms with Crippen molar-refractivity contribution in [3.8, 4) is 17.5 Å². The van der Waals surface area contributed by atoms with Gasteiger partial charge in [0.25, 0.3) is 17.5 Å². The first-order valence-corrected chi connectivity index (χ1v) is 6.00. The topological polar surface area (TPSA) is 145 Å². The van der Waals surface area contributed by atoms with Gasteiger partial charge in [-0.1, -0.05) is 10.2 Å². The number of aromatic nitrogens is 3. The number of nitrogens with two attached hydrogens (primary N) is 2. The van der Waals surface area contributed by atoms with E-state index in [0.717, 1.165) is 0 Å². The molecule has 0 aromatic carbocycles. The van der Waals surface area contributed by atoms with E-state index in [2.05, 4.69) is 15.4 Å². The van der Waals surface area contributed by atoms with Crippen LogP contribution in [-0.4, -0.2) is 27.4 Å².